The van der Waals surface area contributed by atoms with Crippen LogP contribution in [0.2, 0.25) is 0 Å². The Morgan fingerprint density at radius 3 is 2.00 bits per heavy atom. The first-order chi connectivity index (χ1) is 8.83. The standard InChI is InChI=1S/C15H27NS2/c1-2-3-4-5-6-7-8-9-10-11-12-14-13-18-15(17)16-14/h13H,2-12H2,1H3,(H,16,17). The Morgan fingerprint density at radius 2 is 1.50 bits per heavy atom. The molecule has 0 saturated carbocycles. The van der Waals surface area contributed by atoms with Gasteiger partial charge in [0.05, 0.1) is 0 Å². The molecular weight excluding hydrogens is 258 g/mol. The van der Waals surface area contributed by atoms with Crippen molar-refractivity contribution in [1.82, 2.24) is 4.98 Å². The minimum Gasteiger partial charge on any atom is -0.341 e. The summed E-state index contributed by atoms with van der Waals surface area (Å²) in [5.41, 5.74) is 1.32. The van der Waals surface area contributed by atoms with E-state index < -0.39 is 0 Å². The Kier molecular flexibility index (Phi) is 9.49. The number of aromatic amines is 1. The number of thiazole rings is 1. The Morgan fingerprint density at radius 1 is 0.944 bits per heavy atom. The molecule has 1 nitrogen and oxygen atoms in total. The van der Waals surface area contributed by atoms with Crippen molar-refractivity contribution < 1.29 is 0 Å². The maximum Gasteiger partial charge on any atom is 0.158 e. The van der Waals surface area contributed by atoms with E-state index in [4.69, 9.17) is 12.2 Å². The summed E-state index contributed by atoms with van der Waals surface area (Å²) in [5.74, 6) is 0. The van der Waals surface area contributed by atoms with Crippen LogP contribution in [0.1, 0.15) is 76.8 Å². The maximum atomic E-state index is 5.08. The zero-order valence-electron chi connectivity index (χ0n) is 11.7. The highest BCUT2D eigenvalue weighted by molar-refractivity contribution is 7.73. The SMILES string of the molecule is CCCCCCCCCCCCc1csc(=S)[nH]1. The van der Waals surface area contributed by atoms with E-state index in [1.165, 1.54) is 76.3 Å². The lowest BCUT2D eigenvalue weighted by Gasteiger charge is -2.01. The zero-order chi connectivity index (χ0) is 13.1. The van der Waals surface area contributed by atoms with Crippen LogP contribution >= 0.6 is 23.6 Å². The predicted octanol–water partition coefficient (Wildman–Crippen LogP) is 6.27. The van der Waals surface area contributed by atoms with Crippen molar-refractivity contribution in [3.63, 3.8) is 0 Å². The third-order valence-corrected chi connectivity index (χ3v) is 4.48. The van der Waals surface area contributed by atoms with Crippen molar-refractivity contribution in [2.45, 2.75) is 77.6 Å². The van der Waals surface area contributed by atoms with Crippen LogP contribution in [0.3, 0.4) is 0 Å². The normalized spacial score (nSPS) is 10.9. The molecule has 1 N–H and O–H groups in total. The topological polar surface area (TPSA) is 15.8 Å². The third kappa shape index (κ3) is 8.04. The number of hydrogen-bond donors (Lipinski definition) is 1. The van der Waals surface area contributed by atoms with Crippen molar-refractivity contribution in [3.05, 3.63) is 15.0 Å². The lowest BCUT2D eigenvalue weighted by molar-refractivity contribution is 0.555. The molecular formula is C15H27NS2. The molecule has 1 aromatic rings. The highest BCUT2D eigenvalue weighted by Gasteiger charge is 1.96. The fourth-order valence-corrected chi connectivity index (χ4v) is 3.13. The summed E-state index contributed by atoms with van der Waals surface area (Å²) < 4.78 is 0.914. The summed E-state index contributed by atoms with van der Waals surface area (Å²) in [6.07, 6.45) is 15.2. The number of aryl methyl sites for hydroxylation is 1. The molecule has 0 aliphatic heterocycles. The molecule has 3 heteroatoms. The Bertz CT molecular complexity index is 340. The molecule has 0 unspecified atom stereocenters. The molecule has 0 aliphatic rings. The molecule has 0 aliphatic carbocycles. The largest absolute Gasteiger partial charge is 0.341 e. The van der Waals surface area contributed by atoms with Gasteiger partial charge in [-0.25, -0.2) is 0 Å². The second-order valence-electron chi connectivity index (χ2n) is 5.11. The smallest absolute Gasteiger partial charge is 0.158 e. The van der Waals surface area contributed by atoms with Crippen LogP contribution < -0.4 is 0 Å². The van der Waals surface area contributed by atoms with E-state index >= 15 is 0 Å². The molecule has 104 valence electrons. The molecule has 0 radical (unpaired) electrons. The molecule has 0 saturated heterocycles. The van der Waals surface area contributed by atoms with Gasteiger partial charge in [0.2, 0.25) is 0 Å². The number of nitrogens with one attached hydrogen (secondary N) is 1. The van der Waals surface area contributed by atoms with Crippen molar-refractivity contribution >= 4 is 23.6 Å². The van der Waals surface area contributed by atoms with Gasteiger partial charge in [-0.2, -0.15) is 0 Å². The Balaban J connectivity index is 1.83. The van der Waals surface area contributed by atoms with E-state index in [1.807, 2.05) is 0 Å². The quantitative estimate of drug-likeness (QED) is 0.374. The van der Waals surface area contributed by atoms with Crippen molar-refractivity contribution in [1.29, 1.82) is 0 Å². The van der Waals surface area contributed by atoms with Gasteiger partial charge in [-0.05, 0) is 25.1 Å². The molecule has 0 bridgehead atoms. The fourth-order valence-electron chi connectivity index (χ4n) is 2.24. The maximum absolute atomic E-state index is 5.08. The summed E-state index contributed by atoms with van der Waals surface area (Å²) in [6, 6.07) is 0. The van der Waals surface area contributed by atoms with Gasteiger partial charge < -0.3 is 4.98 Å². The van der Waals surface area contributed by atoms with E-state index in [-0.39, 0.29) is 0 Å². The molecule has 0 spiro atoms. The number of hydrogen-bond acceptors (Lipinski definition) is 2. The minimum atomic E-state index is 0.914. The van der Waals surface area contributed by atoms with E-state index in [0.29, 0.717) is 0 Å². The van der Waals surface area contributed by atoms with Gasteiger partial charge in [0.1, 0.15) is 0 Å². The van der Waals surface area contributed by atoms with E-state index in [0.717, 1.165) is 3.95 Å². The Hall–Kier alpha value is -0.150. The monoisotopic (exact) mass is 285 g/mol. The third-order valence-electron chi connectivity index (χ3n) is 3.37. The number of rotatable bonds is 11. The van der Waals surface area contributed by atoms with Gasteiger partial charge >= 0.3 is 0 Å². The van der Waals surface area contributed by atoms with E-state index in [9.17, 15) is 0 Å². The first-order valence-electron chi connectivity index (χ1n) is 7.49. The van der Waals surface area contributed by atoms with Gasteiger partial charge in [-0.1, -0.05) is 64.7 Å². The molecule has 18 heavy (non-hydrogen) atoms. The highest BCUT2D eigenvalue weighted by atomic mass is 32.1. The molecule has 0 fully saturated rings. The number of H-pyrrole nitrogens is 1. The average molecular weight is 286 g/mol. The second kappa shape index (κ2) is 10.7. The van der Waals surface area contributed by atoms with Gasteiger partial charge in [-0.3, -0.25) is 0 Å². The van der Waals surface area contributed by atoms with Gasteiger partial charge in [0.15, 0.2) is 3.95 Å². The summed E-state index contributed by atoms with van der Waals surface area (Å²) >= 11 is 6.72. The molecule has 0 aromatic carbocycles. The lowest BCUT2D eigenvalue weighted by Crippen LogP contribution is -1.86. The van der Waals surface area contributed by atoms with Crippen molar-refractivity contribution in [2.24, 2.45) is 0 Å². The van der Waals surface area contributed by atoms with Crippen molar-refractivity contribution in [2.75, 3.05) is 0 Å². The second-order valence-corrected chi connectivity index (χ2v) is 6.65. The molecule has 1 rings (SSSR count). The van der Waals surface area contributed by atoms with Crippen LogP contribution in [-0.4, -0.2) is 4.98 Å². The molecule has 1 heterocycles. The Labute approximate surface area is 121 Å². The summed E-state index contributed by atoms with van der Waals surface area (Å²) in [7, 11) is 0. The van der Waals surface area contributed by atoms with Crippen LogP contribution in [-0.2, 0) is 6.42 Å². The lowest BCUT2D eigenvalue weighted by atomic mass is 10.1. The van der Waals surface area contributed by atoms with Crippen LogP contribution in [0.25, 0.3) is 0 Å². The van der Waals surface area contributed by atoms with Crippen LogP contribution in [0, 0.1) is 3.95 Å². The molecule has 1 aromatic heterocycles. The first kappa shape index (κ1) is 15.9. The van der Waals surface area contributed by atoms with Crippen LogP contribution in [0.15, 0.2) is 5.38 Å². The number of aromatic nitrogens is 1. The van der Waals surface area contributed by atoms with Gasteiger partial charge in [0, 0.05) is 11.1 Å². The van der Waals surface area contributed by atoms with Crippen LogP contribution in [0.4, 0.5) is 0 Å². The fraction of sp³-hybridized carbons (Fsp3) is 0.800. The van der Waals surface area contributed by atoms with Gasteiger partial charge in [0.25, 0.3) is 0 Å². The molecule has 0 atom stereocenters. The highest BCUT2D eigenvalue weighted by Crippen LogP contribution is 2.13. The van der Waals surface area contributed by atoms with E-state index in [1.54, 1.807) is 11.3 Å². The zero-order valence-corrected chi connectivity index (χ0v) is 13.3. The summed E-state index contributed by atoms with van der Waals surface area (Å²) in [5, 5.41) is 2.16. The van der Waals surface area contributed by atoms with Gasteiger partial charge in [-0.15, -0.1) is 11.3 Å². The summed E-state index contributed by atoms with van der Waals surface area (Å²) in [6.45, 7) is 2.28. The predicted molar refractivity (Wildman–Crippen MR) is 85.1 cm³/mol. The van der Waals surface area contributed by atoms with E-state index in [2.05, 4.69) is 17.3 Å². The molecule has 0 amide bonds. The van der Waals surface area contributed by atoms with Crippen LogP contribution in [0.5, 0.6) is 0 Å². The summed E-state index contributed by atoms with van der Waals surface area (Å²) in [4.78, 5) is 3.24. The minimum absolute atomic E-state index is 0.914. The van der Waals surface area contributed by atoms with Crippen molar-refractivity contribution in [3.8, 4) is 0 Å². The average Bonchev–Trinajstić information content (AvgIpc) is 2.77. The number of unbranched alkanes of at least 4 members (excludes halogenated alkanes) is 9. The first-order valence-corrected chi connectivity index (χ1v) is 8.78.